The third-order valence-electron chi connectivity index (χ3n) is 2.00. The zero-order chi connectivity index (χ0) is 12.8. The van der Waals surface area contributed by atoms with Gasteiger partial charge in [0.1, 0.15) is 5.75 Å². The van der Waals surface area contributed by atoms with Gasteiger partial charge in [-0.2, -0.15) is 0 Å². The van der Waals surface area contributed by atoms with Crippen molar-refractivity contribution in [3.63, 3.8) is 0 Å². The van der Waals surface area contributed by atoms with Gasteiger partial charge >= 0.3 is 0 Å². The Morgan fingerprint density at radius 3 is 2.88 bits per heavy atom. The monoisotopic (exact) mass is 254 g/mol. The Hall–Kier alpha value is -1.91. The number of nitrogens with one attached hydrogen (secondary N) is 1. The minimum absolute atomic E-state index is 0.199. The number of azide groups is 1. The summed E-state index contributed by atoms with van der Waals surface area (Å²) in [4.78, 5) is 14.3. The maximum absolute atomic E-state index is 11.7. The molecule has 0 spiro atoms. The summed E-state index contributed by atoms with van der Waals surface area (Å²) in [6, 6.07) is 2.84. The predicted molar refractivity (Wildman–Crippen MR) is 64.8 cm³/mol. The van der Waals surface area contributed by atoms with E-state index in [1.807, 2.05) is 0 Å². The van der Waals surface area contributed by atoms with Crippen LogP contribution < -0.4 is 10.1 Å². The number of hydrogen-bond acceptors (Lipinski definition) is 3. The molecular weight excluding hydrogens is 244 g/mol. The van der Waals surface area contributed by atoms with Gasteiger partial charge in [-0.15, -0.1) is 0 Å². The zero-order valence-corrected chi connectivity index (χ0v) is 10.2. The fraction of sp³-hybridized carbons (Fsp3) is 0.300. The van der Waals surface area contributed by atoms with Gasteiger partial charge in [0, 0.05) is 11.5 Å². The largest absolute Gasteiger partial charge is 0.496 e. The summed E-state index contributed by atoms with van der Waals surface area (Å²) in [6.07, 6.45) is 0. The molecule has 6 nitrogen and oxygen atoms in total. The molecule has 0 aromatic heterocycles. The Morgan fingerprint density at radius 2 is 2.35 bits per heavy atom. The van der Waals surface area contributed by atoms with Crippen LogP contribution in [-0.4, -0.2) is 19.6 Å². The summed E-state index contributed by atoms with van der Waals surface area (Å²) in [6.45, 7) is 2.30. The number of benzene rings is 1. The topological polar surface area (TPSA) is 87.1 Å². The quantitative estimate of drug-likeness (QED) is 0.508. The molecule has 0 unspecified atom stereocenters. The van der Waals surface area contributed by atoms with Gasteiger partial charge in [-0.3, -0.25) is 4.79 Å². The van der Waals surface area contributed by atoms with Crippen molar-refractivity contribution >= 4 is 23.2 Å². The summed E-state index contributed by atoms with van der Waals surface area (Å²) in [7, 11) is 1.42. The number of carbonyl (C=O) groups is 1. The molecule has 0 saturated carbocycles. The summed E-state index contributed by atoms with van der Waals surface area (Å²) in [5.74, 6) is 0.0153. The first-order valence-corrected chi connectivity index (χ1v) is 5.22. The fourth-order valence-electron chi connectivity index (χ4n) is 1.27. The first-order valence-electron chi connectivity index (χ1n) is 4.84. The molecule has 0 atom stereocenters. The van der Waals surface area contributed by atoms with Crippen LogP contribution in [0.2, 0.25) is 5.02 Å². The summed E-state index contributed by atoms with van der Waals surface area (Å²) < 4.78 is 5.05. The van der Waals surface area contributed by atoms with Gasteiger partial charge in [0.05, 0.1) is 23.4 Å². The third-order valence-corrected chi connectivity index (χ3v) is 2.31. The average molecular weight is 255 g/mol. The molecule has 0 aliphatic carbocycles. The zero-order valence-electron chi connectivity index (χ0n) is 9.40. The van der Waals surface area contributed by atoms with Gasteiger partial charge in [0.15, 0.2) is 0 Å². The van der Waals surface area contributed by atoms with E-state index in [9.17, 15) is 4.79 Å². The molecule has 1 aromatic carbocycles. The standard InChI is InChI=1S/C10H11ClN4O2/c1-3-13-10(16)6-4-7(11)8(14-15-12)5-9(6)17-2/h4-5H,3H2,1-2H3,(H,13,16). The second kappa shape index (κ2) is 5.98. The van der Waals surface area contributed by atoms with E-state index in [0.717, 1.165) is 0 Å². The van der Waals surface area contributed by atoms with Crippen molar-refractivity contribution in [2.75, 3.05) is 13.7 Å². The van der Waals surface area contributed by atoms with E-state index in [0.29, 0.717) is 17.9 Å². The van der Waals surface area contributed by atoms with Crippen molar-refractivity contribution in [2.24, 2.45) is 5.11 Å². The molecule has 7 heteroatoms. The van der Waals surface area contributed by atoms with Crippen molar-refractivity contribution in [3.05, 3.63) is 33.2 Å². The second-order valence-corrected chi connectivity index (χ2v) is 3.46. The Balaban J connectivity index is 3.27. The maximum Gasteiger partial charge on any atom is 0.255 e. The van der Waals surface area contributed by atoms with E-state index >= 15 is 0 Å². The summed E-state index contributed by atoms with van der Waals surface area (Å²) in [5, 5.41) is 6.23. The molecule has 0 heterocycles. The number of ether oxygens (including phenoxy) is 1. The van der Waals surface area contributed by atoms with Gasteiger partial charge in [-0.1, -0.05) is 16.7 Å². The van der Waals surface area contributed by atoms with E-state index < -0.39 is 0 Å². The van der Waals surface area contributed by atoms with Crippen molar-refractivity contribution < 1.29 is 9.53 Å². The van der Waals surface area contributed by atoms with E-state index in [2.05, 4.69) is 15.3 Å². The molecule has 17 heavy (non-hydrogen) atoms. The van der Waals surface area contributed by atoms with Crippen LogP contribution in [-0.2, 0) is 0 Å². The normalized spacial score (nSPS) is 9.35. The third kappa shape index (κ3) is 3.03. The Morgan fingerprint density at radius 1 is 1.65 bits per heavy atom. The van der Waals surface area contributed by atoms with E-state index in [4.69, 9.17) is 21.9 Å². The highest BCUT2D eigenvalue weighted by molar-refractivity contribution is 6.33. The highest BCUT2D eigenvalue weighted by Crippen LogP contribution is 2.32. The number of amides is 1. The van der Waals surface area contributed by atoms with E-state index in [1.165, 1.54) is 19.2 Å². The van der Waals surface area contributed by atoms with Crippen molar-refractivity contribution in [3.8, 4) is 5.75 Å². The molecule has 0 fully saturated rings. The molecule has 0 aliphatic heterocycles. The van der Waals surface area contributed by atoms with Crippen LogP contribution in [0.3, 0.4) is 0 Å². The molecule has 0 aliphatic rings. The highest BCUT2D eigenvalue weighted by Gasteiger charge is 2.14. The van der Waals surface area contributed by atoms with Gasteiger partial charge in [0.25, 0.3) is 5.91 Å². The molecule has 1 rings (SSSR count). The van der Waals surface area contributed by atoms with Crippen LogP contribution in [0, 0.1) is 0 Å². The van der Waals surface area contributed by atoms with Crippen LogP contribution in [0.1, 0.15) is 17.3 Å². The Labute approximate surface area is 103 Å². The lowest BCUT2D eigenvalue weighted by Gasteiger charge is -2.10. The second-order valence-electron chi connectivity index (χ2n) is 3.05. The first kappa shape index (κ1) is 13.2. The van der Waals surface area contributed by atoms with E-state index in [-0.39, 0.29) is 16.6 Å². The minimum Gasteiger partial charge on any atom is -0.496 e. The predicted octanol–water partition coefficient (Wildman–Crippen LogP) is 3.04. The van der Waals surface area contributed by atoms with Gasteiger partial charge in [-0.05, 0) is 24.6 Å². The van der Waals surface area contributed by atoms with Crippen LogP contribution in [0.15, 0.2) is 17.2 Å². The minimum atomic E-state index is -0.293. The van der Waals surface area contributed by atoms with Crippen LogP contribution in [0.5, 0.6) is 5.75 Å². The van der Waals surface area contributed by atoms with E-state index in [1.54, 1.807) is 6.92 Å². The lowest BCUT2D eigenvalue weighted by molar-refractivity contribution is 0.0953. The lowest BCUT2D eigenvalue weighted by atomic mass is 10.1. The number of halogens is 1. The van der Waals surface area contributed by atoms with Crippen LogP contribution in [0.25, 0.3) is 10.4 Å². The van der Waals surface area contributed by atoms with Crippen LogP contribution in [0.4, 0.5) is 5.69 Å². The number of methoxy groups -OCH3 is 1. The van der Waals surface area contributed by atoms with Crippen molar-refractivity contribution in [1.29, 1.82) is 0 Å². The Bertz CT molecular complexity index is 483. The molecule has 1 N–H and O–H groups in total. The first-order chi connectivity index (χ1) is 8.13. The molecular formula is C10H11ClN4O2. The van der Waals surface area contributed by atoms with Gasteiger partial charge < -0.3 is 10.1 Å². The van der Waals surface area contributed by atoms with Crippen LogP contribution >= 0.6 is 11.6 Å². The highest BCUT2D eigenvalue weighted by atomic mass is 35.5. The number of carbonyl (C=O) groups excluding carboxylic acids is 1. The van der Waals surface area contributed by atoms with Crippen molar-refractivity contribution in [1.82, 2.24) is 5.32 Å². The summed E-state index contributed by atoms with van der Waals surface area (Å²) in [5.41, 5.74) is 8.87. The number of hydrogen-bond donors (Lipinski definition) is 1. The number of nitrogens with zero attached hydrogens (tertiary/aromatic N) is 3. The molecule has 0 saturated heterocycles. The molecule has 1 amide bonds. The molecule has 90 valence electrons. The summed E-state index contributed by atoms with van der Waals surface area (Å²) >= 11 is 5.88. The SMILES string of the molecule is CCNC(=O)c1cc(Cl)c(N=[N+]=[N-])cc1OC. The number of rotatable bonds is 4. The lowest BCUT2D eigenvalue weighted by Crippen LogP contribution is -2.23. The Kier molecular flexibility index (Phi) is 4.63. The molecule has 0 radical (unpaired) electrons. The molecule has 1 aromatic rings. The fourth-order valence-corrected chi connectivity index (χ4v) is 1.47. The van der Waals surface area contributed by atoms with Gasteiger partial charge in [-0.25, -0.2) is 0 Å². The van der Waals surface area contributed by atoms with Gasteiger partial charge in [0.2, 0.25) is 0 Å². The molecule has 0 bridgehead atoms. The maximum atomic E-state index is 11.7. The van der Waals surface area contributed by atoms with Crippen molar-refractivity contribution in [2.45, 2.75) is 6.92 Å². The average Bonchev–Trinajstić information content (AvgIpc) is 2.31. The smallest absolute Gasteiger partial charge is 0.255 e.